The Labute approximate surface area is 149 Å². The summed E-state index contributed by atoms with van der Waals surface area (Å²) < 4.78 is 5.53. The highest BCUT2D eigenvalue weighted by atomic mass is 32.1. The van der Waals surface area contributed by atoms with E-state index >= 15 is 0 Å². The minimum absolute atomic E-state index is 0.928. The lowest BCUT2D eigenvalue weighted by Gasteiger charge is -2.12. The number of nitrogens with zero attached hydrogens (tertiary/aromatic N) is 4. The molecule has 0 bridgehead atoms. The predicted octanol–water partition coefficient (Wildman–Crippen LogP) is 4.21. The predicted molar refractivity (Wildman–Crippen MR) is 102 cm³/mol. The summed E-state index contributed by atoms with van der Waals surface area (Å²) in [6.07, 6.45) is 3.92. The molecule has 0 radical (unpaired) electrons. The molecule has 0 saturated carbocycles. The topological polar surface area (TPSA) is 34.1 Å². The fourth-order valence-corrected chi connectivity index (χ4v) is 4.77. The number of hydrogen-bond donors (Lipinski definition) is 0. The fourth-order valence-electron chi connectivity index (χ4n) is 3.64. The first-order valence-corrected chi connectivity index (χ1v) is 9.07. The molecule has 0 atom stereocenters. The SMILES string of the molecule is Cc1cc2ccccc2c(-c2c3sc4nncn4c3cc[n+]2C)c1C. The van der Waals surface area contributed by atoms with E-state index in [1.807, 2.05) is 0 Å². The minimum Gasteiger partial charge on any atom is -0.272 e. The lowest BCUT2D eigenvalue weighted by molar-refractivity contribution is -0.659. The summed E-state index contributed by atoms with van der Waals surface area (Å²) in [6.45, 7) is 4.41. The normalized spacial score (nSPS) is 11.8. The standard InChI is InChI=1S/C20H17N4S/c1-12-10-14-6-4-5-7-15(14)17(13(12)2)18-19-16(8-9-23(18)3)24-11-21-22-20(24)25-19/h4-11H,1-3H3/q+1. The molecule has 0 N–H and O–H groups in total. The van der Waals surface area contributed by atoms with Gasteiger partial charge in [0.2, 0.25) is 10.7 Å². The number of thiazole rings is 1. The first-order chi connectivity index (χ1) is 12.1. The Kier molecular flexibility index (Phi) is 2.97. The number of pyridine rings is 1. The zero-order chi connectivity index (χ0) is 17.1. The van der Waals surface area contributed by atoms with Crippen LogP contribution in [0, 0.1) is 13.8 Å². The van der Waals surface area contributed by atoms with Crippen LogP contribution < -0.4 is 4.57 Å². The number of fused-ring (bicyclic) bond motifs is 4. The van der Waals surface area contributed by atoms with Crippen LogP contribution in [0.5, 0.6) is 0 Å². The van der Waals surface area contributed by atoms with Crippen molar-refractivity contribution in [2.24, 2.45) is 7.05 Å². The van der Waals surface area contributed by atoms with Crippen molar-refractivity contribution in [2.75, 3.05) is 0 Å². The van der Waals surface area contributed by atoms with Crippen molar-refractivity contribution >= 4 is 37.3 Å². The Morgan fingerprint density at radius 3 is 2.84 bits per heavy atom. The molecule has 5 rings (SSSR count). The molecular formula is C20H17N4S+. The maximum atomic E-state index is 4.24. The van der Waals surface area contributed by atoms with Crippen LogP contribution in [0.25, 0.3) is 37.2 Å². The molecule has 0 aliphatic carbocycles. The molecule has 5 heteroatoms. The molecule has 0 saturated heterocycles. The number of benzene rings is 2. The number of aromatic nitrogens is 4. The quantitative estimate of drug-likeness (QED) is 0.427. The van der Waals surface area contributed by atoms with Gasteiger partial charge in [0.25, 0.3) is 0 Å². The van der Waals surface area contributed by atoms with Gasteiger partial charge >= 0.3 is 0 Å². The second-order valence-electron chi connectivity index (χ2n) is 6.49. The molecule has 0 amide bonds. The molecule has 0 unspecified atom stereocenters. The molecule has 0 spiro atoms. The van der Waals surface area contributed by atoms with Gasteiger partial charge in [-0.3, -0.25) is 4.40 Å². The van der Waals surface area contributed by atoms with E-state index in [2.05, 4.69) is 82.7 Å². The van der Waals surface area contributed by atoms with Gasteiger partial charge in [-0.05, 0) is 35.7 Å². The van der Waals surface area contributed by atoms with E-state index in [1.54, 1.807) is 17.7 Å². The molecule has 3 aromatic heterocycles. The third-order valence-electron chi connectivity index (χ3n) is 5.03. The largest absolute Gasteiger partial charge is 0.272 e. The average Bonchev–Trinajstić information content (AvgIpc) is 3.18. The van der Waals surface area contributed by atoms with E-state index in [0.717, 1.165) is 10.5 Å². The van der Waals surface area contributed by atoms with Crippen LogP contribution in [0.15, 0.2) is 48.9 Å². The van der Waals surface area contributed by atoms with E-state index in [0.29, 0.717) is 0 Å². The zero-order valence-corrected chi connectivity index (χ0v) is 15.1. The van der Waals surface area contributed by atoms with E-state index < -0.39 is 0 Å². The van der Waals surface area contributed by atoms with Crippen molar-refractivity contribution < 1.29 is 4.57 Å². The van der Waals surface area contributed by atoms with Gasteiger partial charge in [-0.2, -0.15) is 4.57 Å². The van der Waals surface area contributed by atoms with Crippen LogP contribution in [0.3, 0.4) is 0 Å². The fraction of sp³-hybridized carbons (Fsp3) is 0.150. The molecule has 5 aromatic rings. The Hall–Kier alpha value is -2.79. The molecule has 2 aromatic carbocycles. The summed E-state index contributed by atoms with van der Waals surface area (Å²) in [7, 11) is 2.12. The minimum atomic E-state index is 0.928. The van der Waals surface area contributed by atoms with Crippen molar-refractivity contribution in [1.82, 2.24) is 14.6 Å². The van der Waals surface area contributed by atoms with Gasteiger partial charge in [0, 0.05) is 6.07 Å². The van der Waals surface area contributed by atoms with Gasteiger partial charge in [-0.15, -0.1) is 10.2 Å². The molecule has 25 heavy (non-hydrogen) atoms. The van der Waals surface area contributed by atoms with Crippen LogP contribution in [-0.4, -0.2) is 14.6 Å². The molecule has 122 valence electrons. The molecule has 3 heterocycles. The van der Waals surface area contributed by atoms with Crippen molar-refractivity contribution in [3.63, 3.8) is 0 Å². The Bertz CT molecular complexity index is 1280. The summed E-state index contributed by atoms with van der Waals surface area (Å²) in [6, 6.07) is 13.0. The average molecular weight is 345 g/mol. The van der Waals surface area contributed by atoms with Crippen LogP contribution in [0.4, 0.5) is 0 Å². The smallest absolute Gasteiger partial charge is 0.232 e. The maximum Gasteiger partial charge on any atom is 0.232 e. The summed E-state index contributed by atoms with van der Waals surface area (Å²) >= 11 is 1.70. The Balaban J connectivity index is 2.01. The van der Waals surface area contributed by atoms with E-state index in [4.69, 9.17) is 0 Å². The van der Waals surface area contributed by atoms with Crippen molar-refractivity contribution in [3.05, 3.63) is 60.0 Å². The van der Waals surface area contributed by atoms with Gasteiger partial charge in [0.1, 0.15) is 18.1 Å². The summed E-state index contributed by atoms with van der Waals surface area (Å²) in [5, 5.41) is 10.8. The van der Waals surface area contributed by atoms with Gasteiger partial charge in [-0.25, -0.2) is 0 Å². The van der Waals surface area contributed by atoms with Crippen molar-refractivity contribution in [2.45, 2.75) is 13.8 Å². The number of aryl methyl sites for hydroxylation is 2. The number of rotatable bonds is 1. The second-order valence-corrected chi connectivity index (χ2v) is 7.47. The number of hydrogen-bond acceptors (Lipinski definition) is 3. The first kappa shape index (κ1) is 14.5. The molecule has 0 aliphatic rings. The second kappa shape index (κ2) is 5.10. The van der Waals surface area contributed by atoms with Crippen LogP contribution >= 0.6 is 11.3 Å². The summed E-state index contributed by atoms with van der Waals surface area (Å²) in [5.74, 6) is 0. The van der Waals surface area contributed by atoms with E-state index in [-0.39, 0.29) is 0 Å². The zero-order valence-electron chi connectivity index (χ0n) is 14.3. The molecule has 0 fully saturated rings. The van der Waals surface area contributed by atoms with E-state index in [9.17, 15) is 0 Å². The van der Waals surface area contributed by atoms with Crippen LogP contribution in [0.2, 0.25) is 0 Å². The van der Waals surface area contributed by atoms with Gasteiger partial charge in [0.15, 0.2) is 6.20 Å². The highest BCUT2D eigenvalue weighted by Crippen LogP contribution is 2.38. The third-order valence-corrected chi connectivity index (χ3v) is 6.10. The summed E-state index contributed by atoms with van der Waals surface area (Å²) in [5.41, 5.74) is 6.34. The van der Waals surface area contributed by atoms with Gasteiger partial charge in [-0.1, -0.05) is 41.7 Å². The molecular weight excluding hydrogens is 328 g/mol. The van der Waals surface area contributed by atoms with Crippen LogP contribution in [0.1, 0.15) is 11.1 Å². The Morgan fingerprint density at radius 2 is 1.96 bits per heavy atom. The maximum absolute atomic E-state index is 4.24. The summed E-state index contributed by atoms with van der Waals surface area (Å²) in [4.78, 5) is 0.928. The lowest BCUT2D eigenvalue weighted by Crippen LogP contribution is -2.30. The third kappa shape index (κ3) is 1.96. The lowest BCUT2D eigenvalue weighted by atomic mass is 9.93. The van der Waals surface area contributed by atoms with Gasteiger partial charge in [0.05, 0.1) is 11.1 Å². The van der Waals surface area contributed by atoms with Gasteiger partial charge < -0.3 is 0 Å². The Morgan fingerprint density at radius 1 is 1.12 bits per heavy atom. The monoisotopic (exact) mass is 345 g/mol. The molecule has 4 nitrogen and oxygen atoms in total. The van der Waals surface area contributed by atoms with Crippen molar-refractivity contribution in [3.8, 4) is 11.3 Å². The van der Waals surface area contributed by atoms with E-state index in [1.165, 1.54) is 37.9 Å². The van der Waals surface area contributed by atoms with Crippen molar-refractivity contribution in [1.29, 1.82) is 0 Å². The first-order valence-electron chi connectivity index (χ1n) is 8.25. The van der Waals surface area contributed by atoms with Crippen LogP contribution in [-0.2, 0) is 7.05 Å². The highest BCUT2D eigenvalue weighted by Gasteiger charge is 2.24. The highest BCUT2D eigenvalue weighted by molar-refractivity contribution is 7.24. The molecule has 0 aliphatic heterocycles.